The molecule has 0 N–H and O–H groups in total. The normalized spacial score (nSPS) is 25.2. The zero-order valence-electron chi connectivity index (χ0n) is 14.8. The lowest BCUT2D eigenvalue weighted by Gasteiger charge is -2.40. The third kappa shape index (κ3) is 3.52. The number of ether oxygens (including phenoxy) is 2. The minimum absolute atomic E-state index is 0.212. The standard InChI is InChI=1S/C19H26N2O3S/c1-2-15-13-21(16-5-3-4-6-17(16)25-15)14-18(22)20-9-7-19(8-10-20)23-11-12-24-19/h3-6,15H,2,7-14H2,1H3. The van der Waals surface area contributed by atoms with E-state index in [2.05, 4.69) is 36.1 Å². The van der Waals surface area contributed by atoms with Crippen molar-refractivity contribution in [2.45, 2.75) is 42.1 Å². The minimum Gasteiger partial charge on any atom is -0.360 e. The Morgan fingerprint density at radius 2 is 1.96 bits per heavy atom. The molecule has 2 fully saturated rings. The maximum atomic E-state index is 12.9. The van der Waals surface area contributed by atoms with Crippen molar-refractivity contribution in [1.82, 2.24) is 4.90 Å². The van der Waals surface area contributed by atoms with Gasteiger partial charge in [-0.25, -0.2) is 0 Å². The molecule has 1 aromatic carbocycles. The van der Waals surface area contributed by atoms with Crippen molar-refractivity contribution in [2.75, 3.05) is 44.3 Å². The van der Waals surface area contributed by atoms with Gasteiger partial charge in [-0.15, -0.1) is 11.8 Å². The van der Waals surface area contributed by atoms with Crippen LogP contribution in [0.2, 0.25) is 0 Å². The fourth-order valence-corrected chi connectivity index (χ4v) is 5.14. The molecule has 136 valence electrons. The van der Waals surface area contributed by atoms with Crippen molar-refractivity contribution < 1.29 is 14.3 Å². The van der Waals surface area contributed by atoms with Crippen LogP contribution in [-0.4, -0.2) is 61.2 Å². The topological polar surface area (TPSA) is 42.0 Å². The molecule has 2 saturated heterocycles. The first-order chi connectivity index (χ1) is 12.2. The van der Waals surface area contributed by atoms with Gasteiger partial charge in [-0.1, -0.05) is 19.1 Å². The number of amides is 1. The van der Waals surface area contributed by atoms with E-state index in [4.69, 9.17) is 9.47 Å². The van der Waals surface area contributed by atoms with Crippen LogP contribution in [-0.2, 0) is 14.3 Å². The third-order valence-electron chi connectivity index (χ3n) is 5.40. The molecule has 0 aromatic heterocycles. The molecular formula is C19H26N2O3S. The monoisotopic (exact) mass is 362 g/mol. The summed E-state index contributed by atoms with van der Waals surface area (Å²) in [5.41, 5.74) is 1.20. The Kier molecular flexibility index (Phi) is 4.93. The van der Waals surface area contributed by atoms with Crippen molar-refractivity contribution in [3.05, 3.63) is 24.3 Å². The summed E-state index contributed by atoms with van der Waals surface area (Å²) in [4.78, 5) is 18.4. The SMILES string of the molecule is CCC1CN(CC(=O)N2CCC3(CC2)OCCO3)c2ccccc2S1. The maximum absolute atomic E-state index is 12.9. The molecule has 1 atom stereocenters. The van der Waals surface area contributed by atoms with E-state index < -0.39 is 5.79 Å². The lowest BCUT2D eigenvalue weighted by atomic mass is 10.0. The summed E-state index contributed by atoms with van der Waals surface area (Å²) >= 11 is 1.94. The van der Waals surface area contributed by atoms with E-state index in [0.29, 0.717) is 25.0 Å². The summed E-state index contributed by atoms with van der Waals surface area (Å²) in [5.74, 6) is -0.206. The van der Waals surface area contributed by atoms with Crippen molar-refractivity contribution in [2.24, 2.45) is 0 Å². The predicted molar refractivity (Wildman–Crippen MR) is 99.0 cm³/mol. The van der Waals surface area contributed by atoms with Crippen molar-refractivity contribution in [3.63, 3.8) is 0 Å². The highest BCUT2D eigenvalue weighted by Gasteiger charge is 2.41. The Labute approximate surface area is 153 Å². The first-order valence-electron chi connectivity index (χ1n) is 9.25. The van der Waals surface area contributed by atoms with Crippen LogP contribution >= 0.6 is 11.8 Å². The van der Waals surface area contributed by atoms with Gasteiger partial charge in [0.15, 0.2) is 5.79 Å². The molecule has 25 heavy (non-hydrogen) atoms. The molecular weight excluding hydrogens is 336 g/mol. The van der Waals surface area contributed by atoms with Crippen LogP contribution in [0.25, 0.3) is 0 Å². The molecule has 1 aromatic rings. The molecule has 0 bridgehead atoms. The molecule has 6 heteroatoms. The van der Waals surface area contributed by atoms with E-state index in [1.165, 1.54) is 10.6 Å². The van der Waals surface area contributed by atoms with Crippen molar-refractivity contribution in [3.8, 4) is 0 Å². The van der Waals surface area contributed by atoms with E-state index in [1.54, 1.807) is 0 Å². The zero-order valence-corrected chi connectivity index (χ0v) is 15.6. The Bertz CT molecular complexity index is 623. The molecule has 3 aliphatic heterocycles. The smallest absolute Gasteiger partial charge is 0.242 e. The van der Waals surface area contributed by atoms with Crippen LogP contribution in [0.5, 0.6) is 0 Å². The number of piperidine rings is 1. The number of anilines is 1. The van der Waals surface area contributed by atoms with Crippen molar-refractivity contribution in [1.29, 1.82) is 0 Å². The van der Waals surface area contributed by atoms with E-state index >= 15 is 0 Å². The van der Waals surface area contributed by atoms with Crippen LogP contribution in [0, 0.1) is 0 Å². The second-order valence-corrected chi connectivity index (χ2v) is 8.33. The fraction of sp³-hybridized carbons (Fsp3) is 0.632. The minimum atomic E-state index is -0.418. The van der Waals surface area contributed by atoms with E-state index in [-0.39, 0.29) is 5.91 Å². The van der Waals surface area contributed by atoms with Crippen LogP contribution in [0.3, 0.4) is 0 Å². The summed E-state index contributed by atoms with van der Waals surface area (Å²) in [7, 11) is 0. The number of nitrogens with zero attached hydrogens (tertiary/aromatic N) is 2. The van der Waals surface area contributed by atoms with Crippen LogP contribution in [0.4, 0.5) is 5.69 Å². The second-order valence-electron chi connectivity index (χ2n) is 6.98. The number of carbonyl (C=O) groups is 1. The molecule has 3 heterocycles. The number of benzene rings is 1. The fourth-order valence-electron chi connectivity index (χ4n) is 3.89. The summed E-state index contributed by atoms with van der Waals surface area (Å²) in [6, 6.07) is 8.43. The molecule has 0 aliphatic carbocycles. The first kappa shape index (κ1) is 17.2. The Hall–Kier alpha value is -1.24. The number of para-hydroxylation sites is 1. The van der Waals surface area contributed by atoms with Gasteiger partial charge in [-0.2, -0.15) is 0 Å². The highest BCUT2D eigenvalue weighted by molar-refractivity contribution is 8.00. The molecule has 1 spiro atoms. The van der Waals surface area contributed by atoms with Gasteiger partial charge in [0.2, 0.25) is 5.91 Å². The summed E-state index contributed by atoms with van der Waals surface area (Å²) < 4.78 is 11.5. The van der Waals surface area contributed by atoms with E-state index in [0.717, 1.165) is 38.9 Å². The van der Waals surface area contributed by atoms with Gasteiger partial charge < -0.3 is 19.3 Å². The van der Waals surface area contributed by atoms with Gasteiger partial charge in [0.05, 0.1) is 25.4 Å². The van der Waals surface area contributed by atoms with Gasteiger partial charge in [-0.05, 0) is 18.6 Å². The number of carbonyl (C=O) groups excluding carboxylic acids is 1. The maximum Gasteiger partial charge on any atom is 0.242 e. The molecule has 5 nitrogen and oxygen atoms in total. The van der Waals surface area contributed by atoms with E-state index in [9.17, 15) is 4.79 Å². The second kappa shape index (κ2) is 7.17. The predicted octanol–water partition coefficient (Wildman–Crippen LogP) is 2.74. The number of thioether (sulfide) groups is 1. The van der Waals surface area contributed by atoms with Gasteiger partial charge >= 0.3 is 0 Å². The van der Waals surface area contributed by atoms with Gasteiger partial charge in [0, 0.05) is 42.6 Å². The van der Waals surface area contributed by atoms with Gasteiger partial charge in [0.25, 0.3) is 0 Å². The molecule has 3 aliphatic rings. The number of hydrogen-bond donors (Lipinski definition) is 0. The summed E-state index contributed by atoms with van der Waals surface area (Å²) in [6.07, 6.45) is 2.68. The van der Waals surface area contributed by atoms with Crippen LogP contribution in [0.15, 0.2) is 29.2 Å². The van der Waals surface area contributed by atoms with Gasteiger partial charge in [0.1, 0.15) is 0 Å². The largest absolute Gasteiger partial charge is 0.360 e. The van der Waals surface area contributed by atoms with Crippen LogP contribution in [0.1, 0.15) is 26.2 Å². The zero-order chi connectivity index (χ0) is 17.3. The highest BCUT2D eigenvalue weighted by atomic mass is 32.2. The summed E-state index contributed by atoms with van der Waals surface area (Å²) in [6.45, 7) is 6.41. The Balaban J connectivity index is 1.41. The summed E-state index contributed by atoms with van der Waals surface area (Å²) in [5, 5.41) is 0.549. The number of likely N-dealkylation sites (tertiary alicyclic amines) is 1. The average molecular weight is 362 g/mol. The molecule has 0 saturated carbocycles. The quantitative estimate of drug-likeness (QED) is 0.827. The lowest BCUT2D eigenvalue weighted by molar-refractivity contribution is -0.187. The number of rotatable bonds is 3. The average Bonchev–Trinajstić information content (AvgIpc) is 3.10. The number of fused-ring (bicyclic) bond motifs is 1. The first-order valence-corrected chi connectivity index (χ1v) is 10.1. The van der Waals surface area contributed by atoms with E-state index in [1.807, 2.05) is 16.7 Å². The molecule has 1 unspecified atom stereocenters. The van der Waals surface area contributed by atoms with Gasteiger partial charge in [-0.3, -0.25) is 4.79 Å². The third-order valence-corrected chi connectivity index (χ3v) is 6.81. The van der Waals surface area contributed by atoms with Crippen LogP contribution < -0.4 is 4.90 Å². The molecule has 1 amide bonds. The molecule has 0 radical (unpaired) electrons. The van der Waals surface area contributed by atoms with Crippen molar-refractivity contribution >= 4 is 23.4 Å². The lowest BCUT2D eigenvalue weighted by Crippen LogP contribution is -2.50. The molecule has 4 rings (SSSR count). The Morgan fingerprint density at radius 3 is 2.68 bits per heavy atom. The Morgan fingerprint density at radius 1 is 1.24 bits per heavy atom. The highest BCUT2D eigenvalue weighted by Crippen LogP contribution is 2.39. The number of hydrogen-bond acceptors (Lipinski definition) is 5.